The fourth-order valence-corrected chi connectivity index (χ4v) is 3.77. The van der Waals surface area contributed by atoms with Crippen LogP contribution in [0, 0.1) is 5.41 Å². The van der Waals surface area contributed by atoms with E-state index in [0.717, 1.165) is 5.56 Å². The summed E-state index contributed by atoms with van der Waals surface area (Å²) < 4.78 is 42.5. The highest BCUT2D eigenvalue weighted by molar-refractivity contribution is 7.87. The number of carbonyl (C=O) groups excluding carboxylic acids is 2. The number of aryl methyl sites for hydroxylation is 1. The quantitative estimate of drug-likeness (QED) is 0.335. The van der Waals surface area contributed by atoms with E-state index in [-0.39, 0.29) is 18.5 Å². The number of anilines is 1. The molecular weight excluding hydrogens is 410 g/mol. The molecule has 2 aromatic carbocycles. The van der Waals surface area contributed by atoms with Gasteiger partial charge in [-0.2, -0.15) is 8.42 Å². The van der Waals surface area contributed by atoms with Crippen LogP contribution in [0.25, 0.3) is 0 Å². The zero-order valence-corrected chi connectivity index (χ0v) is 17.6. The summed E-state index contributed by atoms with van der Waals surface area (Å²) >= 11 is 0. The highest BCUT2D eigenvalue weighted by Gasteiger charge is 2.47. The summed E-state index contributed by atoms with van der Waals surface area (Å²) in [5.74, 6) is -1.38. The molecule has 0 saturated carbocycles. The molecule has 0 spiro atoms. The van der Waals surface area contributed by atoms with Gasteiger partial charge < -0.3 is 9.47 Å². The molecule has 0 fully saturated rings. The van der Waals surface area contributed by atoms with E-state index in [9.17, 15) is 18.0 Å². The Hall–Kier alpha value is -2.91. The van der Waals surface area contributed by atoms with Crippen molar-refractivity contribution in [2.45, 2.75) is 25.7 Å². The van der Waals surface area contributed by atoms with Crippen LogP contribution in [0.15, 0.2) is 54.6 Å². The summed E-state index contributed by atoms with van der Waals surface area (Å²) in [6.45, 7) is 0. The van der Waals surface area contributed by atoms with E-state index < -0.39 is 27.7 Å². The molecule has 0 bridgehead atoms. The molecule has 2 aromatic rings. The Kier molecular flexibility index (Phi) is 7.96. The molecule has 9 heteroatoms. The van der Waals surface area contributed by atoms with Crippen LogP contribution in [0.4, 0.5) is 5.69 Å². The summed E-state index contributed by atoms with van der Waals surface area (Å²) in [5, 5.41) is 0. The Labute approximate surface area is 176 Å². The van der Waals surface area contributed by atoms with Gasteiger partial charge >= 0.3 is 22.2 Å². The van der Waals surface area contributed by atoms with Gasteiger partial charge in [-0.3, -0.25) is 18.9 Å². The molecule has 0 aliphatic rings. The maximum Gasteiger partial charge on any atom is 0.357 e. The van der Waals surface area contributed by atoms with Crippen molar-refractivity contribution >= 4 is 27.9 Å². The van der Waals surface area contributed by atoms with Crippen molar-refractivity contribution in [3.05, 3.63) is 65.7 Å². The van der Waals surface area contributed by atoms with E-state index in [2.05, 4.69) is 0 Å². The van der Waals surface area contributed by atoms with Gasteiger partial charge in [0.1, 0.15) is 0 Å². The average Bonchev–Trinajstić information content (AvgIpc) is 2.72. The molecule has 8 nitrogen and oxygen atoms in total. The molecule has 0 saturated heterocycles. The van der Waals surface area contributed by atoms with Gasteiger partial charge in [0.25, 0.3) is 0 Å². The van der Waals surface area contributed by atoms with Gasteiger partial charge in [0, 0.05) is 0 Å². The normalized spacial score (nSPS) is 11.6. The van der Waals surface area contributed by atoms with Gasteiger partial charge in [0.2, 0.25) is 0 Å². The minimum absolute atomic E-state index is 0.0211. The Balaban J connectivity index is 2.25. The lowest BCUT2D eigenvalue weighted by molar-refractivity contribution is -0.169. The van der Waals surface area contributed by atoms with E-state index in [0.29, 0.717) is 18.4 Å². The minimum Gasteiger partial charge on any atom is -0.468 e. The standard InChI is InChI=1S/C21H25NO7S/c1-28-19(23)21(20(24)29-2,14-6-9-16-7-4-3-5-8-16)15-17-10-12-18(13-11-17)22-30(25,26)27/h3-5,7-8,10-13,22H,6,9,14-15H2,1-2H3,(H,25,26,27). The van der Waals surface area contributed by atoms with Gasteiger partial charge in [-0.25, -0.2) is 0 Å². The van der Waals surface area contributed by atoms with Crippen molar-refractivity contribution in [2.75, 3.05) is 18.9 Å². The molecule has 2 rings (SSSR count). The van der Waals surface area contributed by atoms with Crippen molar-refractivity contribution in [1.29, 1.82) is 0 Å². The van der Waals surface area contributed by atoms with Gasteiger partial charge in [0.15, 0.2) is 5.41 Å². The number of nitrogens with one attached hydrogen (secondary N) is 1. The molecule has 0 atom stereocenters. The maximum absolute atomic E-state index is 12.7. The highest BCUT2D eigenvalue weighted by atomic mass is 32.2. The highest BCUT2D eigenvalue weighted by Crippen LogP contribution is 2.33. The third-order valence-corrected chi connectivity index (χ3v) is 5.26. The monoisotopic (exact) mass is 435 g/mol. The predicted octanol–water partition coefficient (Wildman–Crippen LogP) is 2.80. The lowest BCUT2D eigenvalue weighted by Gasteiger charge is -2.28. The first-order valence-corrected chi connectivity index (χ1v) is 10.7. The molecule has 0 heterocycles. The minimum atomic E-state index is -4.40. The number of ether oxygens (including phenoxy) is 2. The first-order valence-electron chi connectivity index (χ1n) is 9.25. The molecule has 0 aromatic heterocycles. The topological polar surface area (TPSA) is 119 Å². The number of hydrogen-bond donors (Lipinski definition) is 2. The number of hydrogen-bond acceptors (Lipinski definition) is 6. The van der Waals surface area contributed by atoms with Gasteiger partial charge in [0.05, 0.1) is 19.9 Å². The second-order valence-corrected chi connectivity index (χ2v) is 8.01. The van der Waals surface area contributed by atoms with Crippen molar-refractivity contribution in [2.24, 2.45) is 5.41 Å². The molecule has 0 aliphatic carbocycles. The Bertz CT molecular complexity index is 941. The zero-order valence-electron chi connectivity index (χ0n) is 16.8. The Morgan fingerprint density at radius 3 is 2.00 bits per heavy atom. The fraction of sp³-hybridized carbons (Fsp3) is 0.333. The Morgan fingerprint density at radius 2 is 1.50 bits per heavy atom. The average molecular weight is 435 g/mol. The third kappa shape index (κ3) is 6.30. The van der Waals surface area contributed by atoms with Crippen molar-refractivity contribution in [3.63, 3.8) is 0 Å². The molecule has 2 N–H and O–H groups in total. The van der Waals surface area contributed by atoms with Crippen LogP contribution in [0.1, 0.15) is 24.0 Å². The number of esters is 2. The summed E-state index contributed by atoms with van der Waals surface area (Å²) in [5.41, 5.74) is 0.302. The molecular formula is C21H25NO7S. The van der Waals surface area contributed by atoms with Gasteiger partial charge in [-0.15, -0.1) is 0 Å². The van der Waals surface area contributed by atoms with Gasteiger partial charge in [-0.05, 0) is 48.9 Å². The number of benzene rings is 2. The van der Waals surface area contributed by atoms with E-state index in [4.69, 9.17) is 14.0 Å². The van der Waals surface area contributed by atoms with Crippen LogP contribution in [0.2, 0.25) is 0 Å². The van der Waals surface area contributed by atoms with Crippen LogP contribution in [0.3, 0.4) is 0 Å². The van der Waals surface area contributed by atoms with Crippen LogP contribution < -0.4 is 4.72 Å². The van der Waals surface area contributed by atoms with E-state index in [1.54, 1.807) is 12.1 Å². The molecule has 0 radical (unpaired) electrons. The van der Waals surface area contributed by atoms with Crippen molar-refractivity contribution < 1.29 is 32.0 Å². The predicted molar refractivity (Wildman–Crippen MR) is 111 cm³/mol. The molecule has 0 unspecified atom stereocenters. The van der Waals surface area contributed by atoms with E-state index >= 15 is 0 Å². The van der Waals surface area contributed by atoms with E-state index in [1.165, 1.54) is 26.4 Å². The molecule has 162 valence electrons. The third-order valence-electron chi connectivity index (χ3n) is 4.77. The van der Waals surface area contributed by atoms with Crippen LogP contribution in [-0.4, -0.2) is 39.1 Å². The first kappa shape index (κ1) is 23.4. The largest absolute Gasteiger partial charge is 0.468 e. The number of carbonyl (C=O) groups is 2. The van der Waals surface area contributed by atoms with E-state index in [1.807, 2.05) is 35.1 Å². The van der Waals surface area contributed by atoms with Gasteiger partial charge in [-0.1, -0.05) is 42.5 Å². The first-order chi connectivity index (χ1) is 14.2. The van der Waals surface area contributed by atoms with Crippen molar-refractivity contribution in [3.8, 4) is 0 Å². The summed E-state index contributed by atoms with van der Waals surface area (Å²) in [4.78, 5) is 25.4. The summed E-state index contributed by atoms with van der Waals surface area (Å²) in [7, 11) is -1.96. The lowest BCUT2D eigenvalue weighted by atomic mass is 9.77. The fourth-order valence-electron chi connectivity index (χ4n) is 3.34. The second kappa shape index (κ2) is 10.2. The smallest absolute Gasteiger partial charge is 0.357 e. The Morgan fingerprint density at radius 1 is 0.933 bits per heavy atom. The van der Waals surface area contributed by atoms with Crippen LogP contribution >= 0.6 is 0 Å². The summed E-state index contributed by atoms with van der Waals surface area (Å²) in [6, 6.07) is 15.7. The second-order valence-electron chi connectivity index (χ2n) is 6.86. The van der Waals surface area contributed by atoms with Crippen LogP contribution in [-0.2, 0) is 42.2 Å². The number of methoxy groups -OCH3 is 2. The molecule has 30 heavy (non-hydrogen) atoms. The maximum atomic E-state index is 12.7. The molecule has 0 amide bonds. The van der Waals surface area contributed by atoms with Crippen LogP contribution in [0.5, 0.6) is 0 Å². The molecule has 0 aliphatic heterocycles. The zero-order chi connectivity index (χ0) is 22.2. The number of rotatable bonds is 10. The summed E-state index contributed by atoms with van der Waals surface area (Å²) in [6.07, 6.45) is 1.46. The SMILES string of the molecule is COC(=O)C(CCCc1ccccc1)(Cc1ccc(NS(=O)(=O)O)cc1)C(=O)OC. The lowest BCUT2D eigenvalue weighted by Crippen LogP contribution is -2.43. The van der Waals surface area contributed by atoms with Crippen molar-refractivity contribution in [1.82, 2.24) is 0 Å².